The highest BCUT2D eigenvalue weighted by Gasteiger charge is 2.20. The van der Waals surface area contributed by atoms with E-state index in [2.05, 4.69) is 9.47 Å². The van der Waals surface area contributed by atoms with Crippen molar-refractivity contribution < 1.29 is 33.0 Å². The predicted molar refractivity (Wildman–Crippen MR) is 60.4 cm³/mol. The third-order valence-electron chi connectivity index (χ3n) is 2.32. The number of hydrogen-bond acceptors (Lipinski definition) is 4. The molecule has 104 valence electrons. The van der Waals surface area contributed by atoms with Gasteiger partial charge in [-0.1, -0.05) is 12.1 Å². The Balaban J connectivity index is 3.13. The number of carboxylic acid groups (broad SMARTS) is 1. The van der Waals surface area contributed by atoms with Crippen LogP contribution in [-0.2, 0) is 16.0 Å². The molecule has 0 unspecified atom stereocenters. The topological polar surface area (TPSA) is 72.8 Å². The lowest BCUT2D eigenvalue weighted by atomic mass is 10.0. The van der Waals surface area contributed by atoms with E-state index in [-0.39, 0.29) is 29.7 Å². The van der Waals surface area contributed by atoms with Crippen LogP contribution in [0.15, 0.2) is 18.2 Å². The normalized spacial score (nSPS) is 10.3. The molecule has 0 fully saturated rings. The summed E-state index contributed by atoms with van der Waals surface area (Å²) in [5.41, 5.74) is 0.0521. The van der Waals surface area contributed by atoms with E-state index in [9.17, 15) is 18.4 Å². The second-order valence-corrected chi connectivity index (χ2v) is 3.56. The molecule has 0 atom stereocenters. The molecule has 0 aliphatic carbocycles. The number of methoxy groups -OCH3 is 1. The summed E-state index contributed by atoms with van der Waals surface area (Å²) >= 11 is 0. The highest BCUT2D eigenvalue weighted by molar-refractivity contribution is 5.93. The van der Waals surface area contributed by atoms with Crippen molar-refractivity contribution in [2.24, 2.45) is 0 Å². The van der Waals surface area contributed by atoms with Crippen molar-refractivity contribution in [2.45, 2.75) is 19.5 Å². The van der Waals surface area contributed by atoms with Crippen molar-refractivity contribution in [3.05, 3.63) is 29.3 Å². The van der Waals surface area contributed by atoms with Gasteiger partial charge in [0.2, 0.25) is 0 Å². The Morgan fingerprint density at radius 1 is 1.37 bits per heavy atom. The number of carboxylic acids is 1. The van der Waals surface area contributed by atoms with E-state index in [0.29, 0.717) is 0 Å². The monoisotopic (exact) mass is 274 g/mol. The number of esters is 1. The van der Waals surface area contributed by atoms with Crippen LogP contribution in [-0.4, -0.2) is 30.8 Å². The van der Waals surface area contributed by atoms with Crippen molar-refractivity contribution in [3.63, 3.8) is 0 Å². The molecule has 0 heterocycles. The molecule has 1 N–H and O–H groups in total. The molecule has 0 aliphatic rings. The SMILES string of the molecule is COC(=O)c1cccc(CCC(=O)O)c1OC(F)F. The number of halogens is 2. The second kappa shape index (κ2) is 6.67. The summed E-state index contributed by atoms with van der Waals surface area (Å²) in [4.78, 5) is 21.9. The van der Waals surface area contributed by atoms with Crippen molar-refractivity contribution in [1.82, 2.24) is 0 Å². The molecule has 0 radical (unpaired) electrons. The van der Waals surface area contributed by atoms with E-state index < -0.39 is 18.6 Å². The van der Waals surface area contributed by atoms with Crippen molar-refractivity contribution in [2.75, 3.05) is 7.11 Å². The number of carbonyl (C=O) groups is 2. The van der Waals surface area contributed by atoms with Gasteiger partial charge in [-0.05, 0) is 18.1 Å². The molecule has 5 nitrogen and oxygen atoms in total. The van der Waals surface area contributed by atoms with E-state index in [0.717, 1.165) is 7.11 Å². The largest absolute Gasteiger partial charge is 0.481 e. The summed E-state index contributed by atoms with van der Waals surface area (Å²) < 4.78 is 33.5. The van der Waals surface area contributed by atoms with E-state index in [1.807, 2.05) is 0 Å². The zero-order chi connectivity index (χ0) is 14.4. The molecule has 0 spiro atoms. The maximum atomic E-state index is 12.4. The Bertz CT molecular complexity index is 473. The summed E-state index contributed by atoms with van der Waals surface area (Å²) in [6.07, 6.45) is -0.285. The summed E-state index contributed by atoms with van der Waals surface area (Å²) in [7, 11) is 1.11. The van der Waals surface area contributed by atoms with Gasteiger partial charge in [0.1, 0.15) is 11.3 Å². The zero-order valence-electron chi connectivity index (χ0n) is 10.1. The molecule has 19 heavy (non-hydrogen) atoms. The fourth-order valence-corrected chi connectivity index (χ4v) is 1.52. The lowest BCUT2D eigenvalue weighted by Gasteiger charge is -2.13. The molecule has 0 saturated heterocycles. The molecule has 0 aliphatic heterocycles. The van der Waals surface area contributed by atoms with Crippen molar-refractivity contribution in [1.29, 1.82) is 0 Å². The van der Waals surface area contributed by atoms with Gasteiger partial charge < -0.3 is 14.6 Å². The molecular weight excluding hydrogens is 262 g/mol. The Labute approximate surface area is 107 Å². The van der Waals surface area contributed by atoms with E-state index in [1.54, 1.807) is 0 Å². The fourth-order valence-electron chi connectivity index (χ4n) is 1.52. The Hall–Kier alpha value is -2.18. The first-order valence-corrected chi connectivity index (χ1v) is 5.32. The Morgan fingerprint density at radius 2 is 2.05 bits per heavy atom. The lowest BCUT2D eigenvalue weighted by Crippen LogP contribution is -2.12. The van der Waals surface area contributed by atoms with Crippen LogP contribution in [0, 0.1) is 0 Å². The van der Waals surface area contributed by atoms with Gasteiger partial charge in [-0.25, -0.2) is 4.79 Å². The minimum absolute atomic E-state index is 0.0256. The number of ether oxygens (including phenoxy) is 2. The number of benzene rings is 1. The van der Waals surface area contributed by atoms with Crippen LogP contribution in [0.5, 0.6) is 5.75 Å². The smallest absolute Gasteiger partial charge is 0.387 e. The number of rotatable bonds is 6. The molecular formula is C12H12F2O5. The number of alkyl halides is 2. The maximum Gasteiger partial charge on any atom is 0.387 e. The van der Waals surface area contributed by atoms with Crippen LogP contribution in [0.25, 0.3) is 0 Å². The second-order valence-electron chi connectivity index (χ2n) is 3.56. The highest BCUT2D eigenvalue weighted by Crippen LogP contribution is 2.27. The van der Waals surface area contributed by atoms with Crippen LogP contribution >= 0.6 is 0 Å². The first-order valence-electron chi connectivity index (χ1n) is 5.32. The van der Waals surface area contributed by atoms with Gasteiger partial charge in [0.25, 0.3) is 0 Å². The number of para-hydroxylation sites is 1. The van der Waals surface area contributed by atoms with Gasteiger partial charge in [0, 0.05) is 6.42 Å². The summed E-state index contributed by atoms with van der Waals surface area (Å²) in [6.45, 7) is -3.12. The summed E-state index contributed by atoms with van der Waals surface area (Å²) in [5, 5.41) is 8.59. The summed E-state index contributed by atoms with van der Waals surface area (Å²) in [5.74, 6) is -2.25. The molecule has 0 aromatic heterocycles. The first-order chi connectivity index (χ1) is 8.95. The van der Waals surface area contributed by atoms with Crippen molar-refractivity contribution >= 4 is 11.9 Å². The molecule has 0 saturated carbocycles. The molecule has 0 amide bonds. The fraction of sp³-hybridized carbons (Fsp3) is 0.333. The standard InChI is InChI=1S/C12H12F2O5/c1-18-11(17)8-4-2-3-7(5-6-9(15)16)10(8)19-12(13)14/h2-4,12H,5-6H2,1H3,(H,15,16). The number of aliphatic carboxylic acids is 1. The molecule has 0 bridgehead atoms. The predicted octanol–water partition coefficient (Wildman–Crippen LogP) is 2.09. The molecule has 1 aromatic carbocycles. The van der Waals surface area contributed by atoms with E-state index in [4.69, 9.17) is 5.11 Å². The average molecular weight is 274 g/mol. The van der Waals surface area contributed by atoms with Crippen LogP contribution < -0.4 is 4.74 Å². The van der Waals surface area contributed by atoms with Crippen LogP contribution in [0.2, 0.25) is 0 Å². The molecule has 1 aromatic rings. The number of aryl methyl sites for hydroxylation is 1. The van der Waals surface area contributed by atoms with E-state index >= 15 is 0 Å². The third-order valence-corrected chi connectivity index (χ3v) is 2.32. The lowest BCUT2D eigenvalue weighted by molar-refractivity contribution is -0.136. The van der Waals surface area contributed by atoms with Crippen LogP contribution in [0.4, 0.5) is 8.78 Å². The van der Waals surface area contributed by atoms with Crippen LogP contribution in [0.1, 0.15) is 22.3 Å². The third kappa shape index (κ3) is 4.20. The minimum Gasteiger partial charge on any atom is -0.481 e. The minimum atomic E-state index is -3.12. The van der Waals surface area contributed by atoms with Gasteiger partial charge in [-0.3, -0.25) is 4.79 Å². The van der Waals surface area contributed by atoms with Gasteiger partial charge in [-0.15, -0.1) is 0 Å². The van der Waals surface area contributed by atoms with Gasteiger partial charge >= 0.3 is 18.6 Å². The van der Waals surface area contributed by atoms with Gasteiger partial charge in [0.05, 0.1) is 7.11 Å². The van der Waals surface area contributed by atoms with Gasteiger partial charge in [0.15, 0.2) is 0 Å². The van der Waals surface area contributed by atoms with Crippen molar-refractivity contribution in [3.8, 4) is 5.75 Å². The maximum absolute atomic E-state index is 12.4. The Kier molecular flexibility index (Phi) is 5.23. The highest BCUT2D eigenvalue weighted by atomic mass is 19.3. The van der Waals surface area contributed by atoms with Crippen LogP contribution in [0.3, 0.4) is 0 Å². The first kappa shape index (κ1) is 14.9. The molecule has 7 heteroatoms. The Morgan fingerprint density at radius 3 is 2.58 bits per heavy atom. The average Bonchev–Trinajstić information content (AvgIpc) is 2.35. The quantitative estimate of drug-likeness (QED) is 0.804. The molecule has 1 rings (SSSR count). The zero-order valence-corrected chi connectivity index (χ0v) is 10.1. The summed E-state index contributed by atoms with van der Waals surface area (Å²) in [6, 6.07) is 4.14. The number of carbonyl (C=O) groups excluding carboxylic acids is 1. The van der Waals surface area contributed by atoms with Gasteiger partial charge in [-0.2, -0.15) is 8.78 Å². The number of hydrogen-bond donors (Lipinski definition) is 1. The van der Waals surface area contributed by atoms with E-state index in [1.165, 1.54) is 18.2 Å².